The molecule has 0 bridgehead atoms. The van der Waals surface area contributed by atoms with Crippen LogP contribution in [0.3, 0.4) is 0 Å². The number of benzene rings is 2. The molecule has 0 amide bonds. The highest BCUT2D eigenvalue weighted by molar-refractivity contribution is 9.10. The summed E-state index contributed by atoms with van der Waals surface area (Å²) >= 11 is 9.18. The van der Waals surface area contributed by atoms with Crippen LogP contribution in [-0.2, 0) is 0 Å². The van der Waals surface area contributed by atoms with Crippen molar-refractivity contribution in [2.75, 3.05) is 0 Å². The Bertz CT molecular complexity index is 1130. The van der Waals surface area contributed by atoms with E-state index in [-0.39, 0.29) is 0 Å². The lowest BCUT2D eigenvalue weighted by molar-refractivity contribution is 1.78. The summed E-state index contributed by atoms with van der Waals surface area (Å²) in [7, 11) is 0. The van der Waals surface area contributed by atoms with E-state index in [1.165, 1.54) is 40.0 Å². The first kappa shape index (κ1) is 13.3. The van der Waals surface area contributed by atoms with Gasteiger partial charge in [-0.15, -0.1) is 34.0 Å². The number of thiophene rings is 3. The molecule has 3 aromatic heterocycles. The van der Waals surface area contributed by atoms with Crippen LogP contribution in [0.5, 0.6) is 0 Å². The summed E-state index contributed by atoms with van der Waals surface area (Å²) in [6, 6.07) is 17.8. The monoisotopic (exact) mass is 400 g/mol. The molecular weight excluding hydrogens is 392 g/mol. The van der Waals surface area contributed by atoms with Gasteiger partial charge in [0.2, 0.25) is 0 Å². The first-order valence-electron chi connectivity index (χ1n) is 6.88. The van der Waals surface area contributed by atoms with Crippen LogP contribution in [0.4, 0.5) is 0 Å². The highest BCUT2D eigenvalue weighted by atomic mass is 79.9. The maximum atomic E-state index is 3.57. The van der Waals surface area contributed by atoms with E-state index in [4.69, 9.17) is 0 Å². The normalized spacial score (nSPS) is 11.9. The highest BCUT2D eigenvalue weighted by Gasteiger charge is 2.13. The minimum atomic E-state index is 1.15. The van der Waals surface area contributed by atoms with Gasteiger partial charge in [0, 0.05) is 29.5 Å². The van der Waals surface area contributed by atoms with Crippen LogP contribution >= 0.6 is 49.9 Å². The van der Waals surface area contributed by atoms with Gasteiger partial charge in [-0.1, -0.05) is 40.2 Å². The Kier molecular flexibility index (Phi) is 2.95. The molecule has 0 aliphatic carbocycles. The molecule has 0 aliphatic heterocycles. The van der Waals surface area contributed by atoms with Gasteiger partial charge >= 0.3 is 0 Å². The second-order valence-corrected chi connectivity index (χ2v) is 9.16. The van der Waals surface area contributed by atoms with Gasteiger partial charge in [-0.05, 0) is 35.2 Å². The van der Waals surface area contributed by atoms with Crippen molar-refractivity contribution >= 4 is 79.5 Å². The third-order valence-corrected chi connectivity index (χ3v) is 7.76. The third-order valence-electron chi connectivity index (χ3n) is 3.85. The van der Waals surface area contributed by atoms with Crippen molar-refractivity contribution in [3.8, 4) is 10.4 Å². The summed E-state index contributed by atoms with van der Waals surface area (Å²) in [4.78, 5) is 1.34. The Labute approximate surface area is 147 Å². The van der Waals surface area contributed by atoms with Crippen LogP contribution in [0.15, 0.2) is 58.4 Å². The molecule has 5 rings (SSSR count). The predicted octanol–water partition coefficient (Wildman–Crippen LogP) is 7.76. The molecule has 0 N–H and O–H groups in total. The molecule has 3 heterocycles. The summed E-state index contributed by atoms with van der Waals surface area (Å²) in [5.41, 5.74) is 1.32. The van der Waals surface area contributed by atoms with Crippen LogP contribution in [0.25, 0.3) is 40.0 Å². The topological polar surface area (TPSA) is 0 Å². The molecule has 0 fully saturated rings. The van der Waals surface area contributed by atoms with Gasteiger partial charge in [0.05, 0.1) is 9.40 Å². The quantitative estimate of drug-likeness (QED) is 0.269. The molecule has 5 aromatic rings. The highest BCUT2D eigenvalue weighted by Crippen LogP contribution is 2.45. The molecule has 0 radical (unpaired) electrons. The molecule has 0 nitrogen and oxygen atoms in total. The molecule has 0 atom stereocenters. The average molecular weight is 401 g/mol. The molecule has 2 aromatic carbocycles. The van der Waals surface area contributed by atoms with E-state index >= 15 is 0 Å². The molecule has 22 heavy (non-hydrogen) atoms. The fraction of sp³-hybridized carbons (Fsp3) is 0. The lowest BCUT2D eigenvalue weighted by Crippen LogP contribution is -1.70. The van der Waals surface area contributed by atoms with Crippen LogP contribution in [-0.4, -0.2) is 0 Å². The van der Waals surface area contributed by atoms with Crippen LogP contribution in [0.2, 0.25) is 0 Å². The average Bonchev–Trinajstić information content (AvgIpc) is 3.20. The van der Waals surface area contributed by atoms with Crippen molar-refractivity contribution in [2.24, 2.45) is 0 Å². The largest absolute Gasteiger partial charge is 0.144 e. The van der Waals surface area contributed by atoms with E-state index < -0.39 is 0 Å². The molecule has 0 saturated carbocycles. The van der Waals surface area contributed by atoms with Crippen molar-refractivity contribution in [3.63, 3.8) is 0 Å². The predicted molar refractivity (Wildman–Crippen MR) is 106 cm³/mol. The first-order valence-corrected chi connectivity index (χ1v) is 10.2. The SMILES string of the molecule is Brc1ccc2c(c1)sc1c3ccc(-c4cccs4)cc3sc21. The number of rotatable bonds is 1. The van der Waals surface area contributed by atoms with Crippen molar-refractivity contribution < 1.29 is 0 Å². The Balaban J connectivity index is 1.83. The maximum absolute atomic E-state index is 3.57. The zero-order valence-corrected chi connectivity index (χ0v) is 15.3. The Morgan fingerprint density at radius 3 is 2.23 bits per heavy atom. The zero-order chi connectivity index (χ0) is 14.7. The Morgan fingerprint density at radius 2 is 1.50 bits per heavy atom. The first-order chi connectivity index (χ1) is 10.8. The molecule has 4 heteroatoms. The van der Waals surface area contributed by atoms with E-state index in [9.17, 15) is 0 Å². The van der Waals surface area contributed by atoms with E-state index in [0.717, 1.165) is 4.47 Å². The number of halogens is 1. The smallest absolute Gasteiger partial charge is 0.0542 e. The Morgan fingerprint density at radius 1 is 0.773 bits per heavy atom. The van der Waals surface area contributed by atoms with Crippen molar-refractivity contribution in [2.45, 2.75) is 0 Å². The molecule has 0 unspecified atom stereocenters. The van der Waals surface area contributed by atoms with Gasteiger partial charge in [0.15, 0.2) is 0 Å². The minimum Gasteiger partial charge on any atom is -0.144 e. The number of fused-ring (bicyclic) bond motifs is 5. The summed E-state index contributed by atoms with van der Waals surface area (Å²) in [6.45, 7) is 0. The second-order valence-electron chi connectivity index (χ2n) is 5.19. The molecule has 0 aliphatic rings. The minimum absolute atomic E-state index is 1.15. The summed E-state index contributed by atoms with van der Waals surface area (Å²) in [5.74, 6) is 0. The second kappa shape index (κ2) is 4.90. The van der Waals surface area contributed by atoms with Gasteiger partial charge in [0.25, 0.3) is 0 Å². The number of hydrogen-bond acceptors (Lipinski definition) is 3. The lowest BCUT2D eigenvalue weighted by Gasteiger charge is -1.97. The van der Waals surface area contributed by atoms with Gasteiger partial charge in [-0.25, -0.2) is 0 Å². The van der Waals surface area contributed by atoms with Gasteiger partial charge < -0.3 is 0 Å². The van der Waals surface area contributed by atoms with E-state index in [1.54, 1.807) is 11.3 Å². The maximum Gasteiger partial charge on any atom is 0.0542 e. The lowest BCUT2D eigenvalue weighted by atomic mass is 10.1. The summed E-state index contributed by atoms with van der Waals surface area (Å²) in [5, 5.41) is 4.90. The van der Waals surface area contributed by atoms with Crippen LogP contribution < -0.4 is 0 Å². The summed E-state index contributed by atoms with van der Waals surface area (Å²) in [6.07, 6.45) is 0. The zero-order valence-electron chi connectivity index (χ0n) is 11.3. The Hall–Kier alpha value is -1.20. The van der Waals surface area contributed by atoms with Crippen LogP contribution in [0, 0.1) is 0 Å². The molecule has 106 valence electrons. The molecular formula is C18H9BrS3. The van der Waals surface area contributed by atoms with E-state index in [0.29, 0.717) is 0 Å². The van der Waals surface area contributed by atoms with Gasteiger partial charge in [0.1, 0.15) is 0 Å². The van der Waals surface area contributed by atoms with E-state index in [2.05, 4.69) is 69.8 Å². The van der Waals surface area contributed by atoms with E-state index in [1.807, 2.05) is 22.7 Å². The fourth-order valence-electron chi connectivity index (χ4n) is 2.83. The van der Waals surface area contributed by atoms with Crippen molar-refractivity contribution in [1.29, 1.82) is 0 Å². The molecule has 0 spiro atoms. The third kappa shape index (κ3) is 1.91. The van der Waals surface area contributed by atoms with Crippen molar-refractivity contribution in [1.82, 2.24) is 0 Å². The standard InChI is InChI=1S/C18H9BrS3/c19-11-4-6-13-16(9-11)22-17-12-5-3-10(14-2-1-7-20-14)8-15(12)21-18(13)17/h1-9H. The fourth-order valence-corrected chi connectivity index (χ4v) is 6.79. The van der Waals surface area contributed by atoms with Crippen LogP contribution in [0.1, 0.15) is 0 Å². The van der Waals surface area contributed by atoms with Crippen molar-refractivity contribution in [3.05, 3.63) is 58.4 Å². The number of hydrogen-bond donors (Lipinski definition) is 0. The summed E-state index contributed by atoms with van der Waals surface area (Å²) < 4.78 is 6.74. The van der Waals surface area contributed by atoms with Gasteiger partial charge in [-0.2, -0.15) is 0 Å². The molecule has 0 saturated heterocycles. The van der Waals surface area contributed by atoms with Gasteiger partial charge in [-0.3, -0.25) is 0 Å².